The minimum absolute atomic E-state index is 0.154. The monoisotopic (exact) mass is 476 g/mol. The molecule has 15 heteroatoms. The molecule has 0 aromatic rings. The normalized spacial score (nSPS) is 11.5. The number of hydrogen-bond acceptors (Lipinski definition) is 3. The lowest BCUT2D eigenvalue weighted by Gasteiger charge is -1.84. The zero-order valence-corrected chi connectivity index (χ0v) is 18.8. The van der Waals surface area contributed by atoms with Crippen molar-refractivity contribution in [2.24, 2.45) is 0 Å². The van der Waals surface area contributed by atoms with Crippen molar-refractivity contribution < 1.29 is 0 Å². The summed E-state index contributed by atoms with van der Waals surface area (Å²) >= 11 is 14.7. The van der Waals surface area contributed by atoms with Crippen LogP contribution in [0.25, 0.3) is 0 Å². The van der Waals surface area contributed by atoms with Crippen LogP contribution < -0.4 is 0 Å². The summed E-state index contributed by atoms with van der Waals surface area (Å²) in [7, 11) is 17.0. The topological polar surface area (TPSA) is 0 Å². The van der Waals surface area contributed by atoms with E-state index < -0.39 is 0 Å². The molecule has 0 fully saturated rings. The van der Waals surface area contributed by atoms with Crippen LogP contribution in [0.1, 0.15) is 0 Å². The van der Waals surface area contributed by atoms with Gasteiger partial charge in [-0.25, -0.2) is 0 Å². The Hall–Kier alpha value is 3.75. The maximum atomic E-state index is 4.98. The first-order valence-electron chi connectivity index (χ1n) is 2.48. The Balaban J connectivity index is 5.11. The molecule has 0 saturated carbocycles. The first-order chi connectivity index (χ1) is 7.35. The maximum Gasteiger partial charge on any atom is 0.0877 e. The van der Waals surface area contributed by atoms with E-state index in [0.717, 1.165) is 14.1 Å². The van der Waals surface area contributed by atoms with Gasteiger partial charge in [0.1, 0.15) is 0 Å². The predicted octanol–water partition coefficient (Wildman–Crippen LogP) is 3.42. The molecule has 0 rings (SSSR count). The van der Waals surface area contributed by atoms with Crippen LogP contribution in [0.15, 0.2) is 0 Å². The van der Waals surface area contributed by atoms with Gasteiger partial charge in [0, 0.05) is 21.1 Å². The van der Waals surface area contributed by atoms with Crippen molar-refractivity contribution in [1.82, 2.24) is 0 Å². The molecule has 0 aliphatic carbocycles. The highest BCUT2D eigenvalue weighted by Gasteiger charge is 1.93. The van der Waals surface area contributed by atoms with Crippen molar-refractivity contribution in [1.29, 1.82) is 0 Å². The van der Waals surface area contributed by atoms with Gasteiger partial charge in [-0.05, 0) is 82.9 Å². The second kappa shape index (κ2) is 15.8. The predicted molar refractivity (Wildman–Crippen MR) is 109 cm³/mol. The molecule has 0 aromatic carbocycles. The van der Waals surface area contributed by atoms with Crippen molar-refractivity contribution in [2.45, 2.75) is 0 Å². The first kappa shape index (κ1) is 18.8. The summed E-state index contributed by atoms with van der Waals surface area (Å²) < 4.78 is 0. The van der Waals surface area contributed by atoms with Crippen molar-refractivity contribution >= 4 is 135 Å². The molecule has 0 unspecified atom stereocenters. The van der Waals surface area contributed by atoms with E-state index in [2.05, 4.69) is 0 Å². The van der Waals surface area contributed by atoms with E-state index in [-0.39, 0.29) is 6.99 Å². The van der Waals surface area contributed by atoms with Crippen LogP contribution in [0.3, 0.4) is 0 Å². The van der Waals surface area contributed by atoms with Crippen LogP contribution in [-0.2, 0) is 106 Å². The SMILES string of the molecule is S=PP(P=S)P=S=S=S=S=S=S=S=S=S. The lowest BCUT2D eigenvalue weighted by atomic mass is 29.2. The molecule has 0 N–H and O–H groups in total. The Labute approximate surface area is 132 Å². The summed E-state index contributed by atoms with van der Waals surface area (Å²) in [4.78, 5) is 0. The van der Waals surface area contributed by atoms with Crippen LogP contribution in [0.2, 0.25) is 0 Å². The van der Waals surface area contributed by atoms with Crippen molar-refractivity contribution in [3.05, 3.63) is 0 Å². The molecular formula is P4S11. The molecule has 0 radical (unpaired) electrons. The van der Waals surface area contributed by atoms with Crippen molar-refractivity contribution in [2.75, 3.05) is 0 Å². The van der Waals surface area contributed by atoms with E-state index in [0.29, 0.717) is 0 Å². The van der Waals surface area contributed by atoms with Gasteiger partial charge in [0.25, 0.3) is 0 Å². The van der Waals surface area contributed by atoms with E-state index in [9.17, 15) is 0 Å². The number of hydrogen-bond donors (Lipinski definition) is 0. The quantitative estimate of drug-likeness (QED) is 0.573. The van der Waals surface area contributed by atoms with Gasteiger partial charge < -0.3 is 0 Å². The summed E-state index contributed by atoms with van der Waals surface area (Å²) in [5, 5.41) is 0. The Morgan fingerprint density at radius 2 is 1.33 bits per heavy atom. The molecule has 0 aromatic heterocycles. The average molecular weight is 477 g/mol. The Morgan fingerprint density at radius 3 is 1.87 bits per heavy atom. The van der Waals surface area contributed by atoms with Crippen LogP contribution in [-0.4, -0.2) is 0 Å². The molecular weight excluding hydrogens is 477 g/mol. The standard InChI is InChI=1S/P4S11/c5-1-4(2-6)3-8-10-12-14-15-13-11-9-7. The van der Waals surface area contributed by atoms with Gasteiger partial charge in [0.15, 0.2) is 0 Å². The van der Waals surface area contributed by atoms with Gasteiger partial charge in [0.05, 0.1) is 6.99 Å². The second-order valence-electron chi connectivity index (χ2n) is 1.06. The molecule has 0 heterocycles. The zero-order chi connectivity index (χ0) is 11.4. The molecule has 0 aliphatic rings. The highest BCUT2D eigenvalue weighted by Crippen LogP contribution is 2.69. The third-order valence-corrected chi connectivity index (χ3v) is 36.4. The zero-order valence-electron chi connectivity index (χ0n) is 6.28. The van der Waals surface area contributed by atoms with Gasteiger partial charge in [-0.3, -0.25) is 0 Å². The molecule has 0 bridgehead atoms. The highest BCUT2D eigenvalue weighted by atomic mass is 33.4. The first-order valence-corrected chi connectivity index (χ1v) is 22.3. The van der Waals surface area contributed by atoms with E-state index in [1.165, 1.54) is 15.9 Å². The van der Waals surface area contributed by atoms with Crippen LogP contribution in [0, 0.1) is 0 Å². The van der Waals surface area contributed by atoms with E-state index >= 15 is 0 Å². The van der Waals surface area contributed by atoms with E-state index in [4.69, 9.17) is 34.8 Å². The fourth-order valence-corrected chi connectivity index (χ4v) is 38.2. The fraction of sp³-hybridized carbons (Fsp3) is 0. The number of rotatable bonds is 3. The molecule has 0 aliphatic heterocycles. The summed E-state index contributed by atoms with van der Waals surface area (Å²) in [5.74, 6) is 0. The Bertz CT molecular complexity index is 527. The molecule has 0 spiro atoms. The summed E-state index contributed by atoms with van der Waals surface area (Å²) in [5.41, 5.74) is 0. The Kier molecular flexibility index (Phi) is 19.8. The minimum atomic E-state index is -0.154. The van der Waals surface area contributed by atoms with Crippen molar-refractivity contribution in [3.63, 3.8) is 0 Å². The molecule has 0 saturated heterocycles. The van der Waals surface area contributed by atoms with Gasteiger partial charge >= 0.3 is 0 Å². The minimum Gasteiger partial charge on any atom is -0.0511 e. The maximum absolute atomic E-state index is 4.98. The molecule has 15 heavy (non-hydrogen) atoms. The fourth-order valence-electron chi connectivity index (χ4n) is 0.157. The van der Waals surface area contributed by atoms with E-state index in [1.807, 2.05) is 9.50 Å². The van der Waals surface area contributed by atoms with Crippen molar-refractivity contribution in [3.8, 4) is 0 Å². The summed E-state index contributed by atoms with van der Waals surface area (Å²) in [6.07, 6.45) is 0. The van der Waals surface area contributed by atoms with Gasteiger partial charge in [-0.2, -0.15) is 0 Å². The van der Waals surface area contributed by atoms with Gasteiger partial charge in [-0.15, -0.1) is 0 Å². The van der Waals surface area contributed by atoms with Crippen LogP contribution >= 0.6 is 28.1 Å². The summed E-state index contributed by atoms with van der Waals surface area (Å²) in [6, 6.07) is 0. The lowest BCUT2D eigenvalue weighted by molar-refractivity contribution is 5.07. The Morgan fingerprint density at radius 1 is 0.800 bits per heavy atom. The second-order valence-corrected chi connectivity index (χ2v) is 28.7. The van der Waals surface area contributed by atoms with E-state index in [1.54, 1.807) is 53.3 Å². The largest absolute Gasteiger partial charge is 0.0877 e. The smallest absolute Gasteiger partial charge is 0.0511 e. The average Bonchev–Trinajstić information content (AvgIpc) is 2.27. The molecule has 0 atom stereocenters. The summed E-state index contributed by atoms with van der Waals surface area (Å²) in [6.45, 7) is -0.154. The van der Waals surface area contributed by atoms with Crippen LogP contribution in [0.4, 0.5) is 0 Å². The lowest BCUT2D eigenvalue weighted by Crippen LogP contribution is -1.36. The third-order valence-electron chi connectivity index (χ3n) is 0.450. The van der Waals surface area contributed by atoms with Gasteiger partial charge in [0.2, 0.25) is 0 Å². The highest BCUT2D eigenvalue weighted by molar-refractivity contribution is 8.87. The molecule has 0 amide bonds. The van der Waals surface area contributed by atoms with Gasteiger partial charge in [-0.1, -0.05) is 23.6 Å². The molecule has 86 valence electrons. The van der Waals surface area contributed by atoms with Crippen LogP contribution in [0.5, 0.6) is 0 Å². The molecule has 0 nitrogen and oxygen atoms in total. The third kappa shape index (κ3) is 14.0.